The summed E-state index contributed by atoms with van der Waals surface area (Å²) in [6.45, 7) is 3.44. The maximum atomic E-state index is 12.4. The number of hydrogen-bond donors (Lipinski definition) is 3. The van der Waals surface area contributed by atoms with E-state index in [2.05, 4.69) is 17.0 Å². The summed E-state index contributed by atoms with van der Waals surface area (Å²) >= 11 is 0. The minimum atomic E-state index is -3.59. The lowest BCUT2D eigenvalue weighted by Crippen LogP contribution is -2.32. The van der Waals surface area contributed by atoms with Crippen molar-refractivity contribution in [2.75, 3.05) is 24.4 Å². The zero-order chi connectivity index (χ0) is 22.8. The van der Waals surface area contributed by atoms with Crippen LogP contribution in [0.1, 0.15) is 18.1 Å². The first-order valence-corrected chi connectivity index (χ1v) is 12.2. The third-order valence-electron chi connectivity index (χ3n) is 5.01. The van der Waals surface area contributed by atoms with E-state index in [-0.39, 0.29) is 11.5 Å². The third kappa shape index (κ3) is 7.09. The Kier molecular flexibility index (Phi) is 8.67. The first-order chi connectivity index (χ1) is 15.5. The highest BCUT2D eigenvalue weighted by Gasteiger charge is 2.13. The highest BCUT2D eigenvalue weighted by molar-refractivity contribution is 7.92. The van der Waals surface area contributed by atoms with Gasteiger partial charge in [-0.1, -0.05) is 55.5 Å². The lowest BCUT2D eigenvalue weighted by molar-refractivity contribution is 0.106. The molecule has 170 valence electrons. The van der Waals surface area contributed by atoms with E-state index in [0.29, 0.717) is 18.8 Å². The minimum Gasteiger partial charge on any atom is -0.491 e. The van der Waals surface area contributed by atoms with Crippen LogP contribution in [0.2, 0.25) is 0 Å². The summed E-state index contributed by atoms with van der Waals surface area (Å²) in [4.78, 5) is 0.231. The smallest absolute Gasteiger partial charge is 0.261 e. The van der Waals surface area contributed by atoms with Gasteiger partial charge in [0.2, 0.25) is 0 Å². The van der Waals surface area contributed by atoms with E-state index < -0.39 is 16.1 Å². The van der Waals surface area contributed by atoms with Gasteiger partial charge >= 0.3 is 0 Å². The lowest BCUT2D eigenvalue weighted by Gasteiger charge is -2.15. The molecule has 0 aliphatic rings. The summed E-state index contributed by atoms with van der Waals surface area (Å²) in [7, 11) is -3.59. The number of ether oxygens (including phenoxy) is 1. The van der Waals surface area contributed by atoms with Crippen LogP contribution >= 0.6 is 0 Å². The van der Waals surface area contributed by atoms with Gasteiger partial charge in [-0.15, -0.1) is 0 Å². The molecule has 0 aliphatic carbocycles. The largest absolute Gasteiger partial charge is 0.491 e. The molecule has 3 aromatic rings. The second kappa shape index (κ2) is 11.7. The van der Waals surface area contributed by atoms with Crippen LogP contribution in [0.25, 0.3) is 0 Å². The average Bonchev–Trinajstić information content (AvgIpc) is 2.82. The number of sulfonamides is 1. The number of aryl methyl sites for hydroxylation is 1. The predicted molar refractivity (Wildman–Crippen MR) is 128 cm³/mol. The Bertz CT molecular complexity index is 1070. The van der Waals surface area contributed by atoms with Crippen LogP contribution in [0.15, 0.2) is 83.8 Å². The molecule has 0 amide bonds. The molecule has 3 aromatic carbocycles. The van der Waals surface area contributed by atoms with Crippen molar-refractivity contribution < 1.29 is 18.3 Å². The molecular weight excluding hydrogens is 424 g/mol. The summed E-state index contributed by atoms with van der Waals surface area (Å²) in [6, 6.07) is 23.4. The quantitative estimate of drug-likeness (QED) is 0.364. The molecule has 32 heavy (non-hydrogen) atoms. The summed E-state index contributed by atoms with van der Waals surface area (Å²) < 4.78 is 33.1. The van der Waals surface area contributed by atoms with Crippen molar-refractivity contribution in [1.82, 2.24) is 5.32 Å². The molecule has 3 rings (SSSR count). The van der Waals surface area contributed by atoms with Crippen molar-refractivity contribution in [3.8, 4) is 5.75 Å². The number of aliphatic hydroxyl groups excluding tert-OH is 1. The van der Waals surface area contributed by atoms with Crippen molar-refractivity contribution in [3.05, 3.63) is 90.0 Å². The van der Waals surface area contributed by atoms with Crippen LogP contribution in [0.4, 0.5) is 5.69 Å². The molecule has 0 bridgehead atoms. The SMILES string of the molecule is CCc1ccccc1OC[C@@H](O)CNCCc1ccc(NS(=O)(=O)c2ccccc2)cc1. The maximum absolute atomic E-state index is 12.4. The van der Waals surface area contributed by atoms with E-state index in [1.807, 2.05) is 36.4 Å². The van der Waals surface area contributed by atoms with Crippen LogP contribution in [0.3, 0.4) is 0 Å². The number of rotatable bonds is 12. The minimum absolute atomic E-state index is 0.231. The monoisotopic (exact) mass is 454 g/mol. The Balaban J connectivity index is 1.39. The normalized spacial score (nSPS) is 12.3. The molecule has 0 aliphatic heterocycles. The van der Waals surface area contributed by atoms with Gasteiger partial charge in [-0.3, -0.25) is 4.72 Å². The summed E-state index contributed by atoms with van der Waals surface area (Å²) in [5.41, 5.74) is 2.72. The van der Waals surface area contributed by atoms with Gasteiger partial charge in [-0.2, -0.15) is 0 Å². The number of anilines is 1. The molecule has 0 radical (unpaired) electrons. The lowest BCUT2D eigenvalue weighted by atomic mass is 10.1. The molecule has 0 unspecified atom stereocenters. The molecule has 0 heterocycles. The van der Waals surface area contributed by atoms with Gasteiger partial charge in [0.1, 0.15) is 18.5 Å². The van der Waals surface area contributed by atoms with E-state index >= 15 is 0 Å². The first-order valence-electron chi connectivity index (χ1n) is 10.7. The Morgan fingerprint density at radius 1 is 0.938 bits per heavy atom. The molecule has 0 fully saturated rings. The first kappa shape index (κ1) is 23.8. The van der Waals surface area contributed by atoms with Gasteiger partial charge in [0.25, 0.3) is 10.0 Å². The van der Waals surface area contributed by atoms with Crippen LogP contribution < -0.4 is 14.8 Å². The number of benzene rings is 3. The zero-order valence-electron chi connectivity index (χ0n) is 18.2. The van der Waals surface area contributed by atoms with Crippen LogP contribution in [0.5, 0.6) is 5.75 Å². The van der Waals surface area contributed by atoms with Crippen LogP contribution in [-0.2, 0) is 22.9 Å². The molecule has 0 spiro atoms. The second-order valence-corrected chi connectivity index (χ2v) is 9.18. The fourth-order valence-electron chi connectivity index (χ4n) is 3.24. The molecule has 1 atom stereocenters. The van der Waals surface area contributed by atoms with Gasteiger partial charge in [-0.05, 0) is 60.8 Å². The molecule has 0 aromatic heterocycles. The van der Waals surface area contributed by atoms with E-state index in [0.717, 1.165) is 29.7 Å². The third-order valence-corrected chi connectivity index (χ3v) is 6.41. The molecule has 6 nitrogen and oxygen atoms in total. The predicted octanol–water partition coefficient (Wildman–Crippen LogP) is 3.62. The fraction of sp³-hybridized carbons (Fsp3) is 0.280. The number of nitrogens with one attached hydrogen (secondary N) is 2. The zero-order valence-corrected chi connectivity index (χ0v) is 19.0. The van der Waals surface area contributed by atoms with Gasteiger partial charge < -0.3 is 15.2 Å². The Hall–Kier alpha value is -2.87. The number of para-hydroxylation sites is 1. The van der Waals surface area contributed by atoms with E-state index in [4.69, 9.17) is 4.74 Å². The van der Waals surface area contributed by atoms with E-state index in [9.17, 15) is 13.5 Å². The summed E-state index contributed by atoms with van der Waals surface area (Å²) in [5.74, 6) is 0.817. The standard InChI is InChI=1S/C25H30N2O4S/c1-2-21-8-6-7-11-25(21)31-19-23(28)18-26-17-16-20-12-14-22(15-13-20)27-32(29,30)24-9-4-3-5-10-24/h3-15,23,26-28H,2,16-19H2,1H3/t23-/m0/s1. The molecule has 0 saturated carbocycles. The van der Waals surface area contributed by atoms with Crippen LogP contribution in [0, 0.1) is 0 Å². The van der Waals surface area contributed by atoms with Gasteiger partial charge in [-0.25, -0.2) is 8.42 Å². The molecule has 7 heteroatoms. The van der Waals surface area contributed by atoms with Crippen molar-refractivity contribution in [2.24, 2.45) is 0 Å². The van der Waals surface area contributed by atoms with Crippen molar-refractivity contribution in [3.63, 3.8) is 0 Å². The molecule has 0 saturated heterocycles. The summed E-state index contributed by atoms with van der Waals surface area (Å²) in [5, 5.41) is 13.4. The number of aliphatic hydroxyl groups is 1. The van der Waals surface area contributed by atoms with Crippen molar-refractivity contribution in [2.45, 2.75) is 30.8 Å². The average molecular weight is 455 g/mol. The highest BCUT2D eigenvalue weighted by Crippen LogP contribution is 2.18. The van der Waals surface area contributed by atoms with E-state index in [1.54, 1.807) is 42.5 Å². The number of hydrogen-bond acceptors (Lipinski definition) is 5. The molecule has 3 N–H and O–H groups in total. The summed E-state index contributed by atoms with van der Waals surface area (Å²) in [6.07, 6.45) is 1.05. The van der Waals surface area contributed by atoms with E-state index in [1.165, 1.54) is 0 Å². The Morgan fingerprint density at radius 2 is 1.62 bits per heavy atom. The van der Waals surface area contributed by atoms with Gasteiger partial charge in [0.05, 0.1) is 4.90 Å². The highest BCUT2D eigenvalue weighted by atomic mass is 32.2. The second-order valence-electron chi connectivity index (χ2n) is 7.50. The Labute approximate surface area is 190 Å². The van der Waals surface area contributed by atoms with Crippen molar-refractivity contribution in [1.29, 1.82) is 0 Å². The van der Waals surface area contributed by atoms with Gasteiger partial charge in [0.15, 0.2) is 0 Å². The van der Waals surface area contributed by atoms with Gasteiger partial charge in [0, 0.05) is 12.2 Å². The Morgan fingerprint density at radius 3 is 2.34 bits per heavy atom. The maximum Gasteiger partial charge on any atom is 0.261 e. The van der Waals surface area contributed by atoms with Crippen LogP contribution in [-0.4, -0.2) is 39.3 Å². The molecular formula is C25H30N2O4S. The van der Waals surface area contributed by atoms with Crippen molar-refractivity contribution >= 4 is 15.7 Å². The topological polar surface area (TPSA) is 87.7 Å². The fourth-order valence-corrected chi connectivity index (χ4v) is 4.32.